The third-order valence-corrected chi connectivity index (χ3v) is 4.50. The van der Waals surface area contributed by atoms with Gasteiger partial charge in [0, 0.05) is 4.47 Å². The maximum atomic E-state index is 11.3. The number of carbonyl (C=O) groups excluding carboxylic acids is 1. The van der Waals surface area contributed by atoms with Gasteiger partial charge in [-0.25, -0.2) is 4.79 Å². The van der Waals surface area contributed by atoms with Crippen LogP contribution < -0.4 is 0 Å². The molecular formula is C15H19BrO3. The molecular weight excluding hydrogens is 308 g/mol. The molecule has 1 unspecified atom stereocenters. The average molecular weight is 327 g/mol. The van der Waals surface area contributed by atoms with Crippen LogP contribution in [0.3, 0.4) is 0 Å². The fourth-order valence-corrected chi connectivity index (χ4v) is 3.43. The van der Waals surface area contributed by atoms with E-state index in [1.54, 1.807) is 0 Å². The third-order valence-electron chi connectivity index (χ3n) is 3.81. The van der Waals surface area contributed by atoms with Crippen LogP contribution in [0.4, 0.5) is 0 Å². The molecule has 2 rings (SSSR count). The molecule has 1 aromatic rings. The smallest absolute Gasteiger partial charge is 0.339 e. The summed E-state index contributed by atoms with van der Waals surface area (Å²) in [6, 6.07) is 5.66. The predicted molar refractivity (Wildman–Crippen MR) is 76.9 cm³/mol. The van der Waals surface area contributed by atoms with Crippen molar-refractivity contribution in [3.63, 3.8) is 0 Å². The first kappa shape index (κ1) is 14.5. The van der Waals surface area contributed by atoms with Crippen LogP contribution in [0, 0.1) is 0 Å². The van der Waals surface area contributed by atoms with Gasteiger partial charge in [-0.1, -0.05) is 47.3 Å². The van der Waals surface area contributed by atoms with Crippen LogP contribution in [-0.2, 0) is 9.53 Å². The van der Waals surface area contributed by atoms with E-state index in [0.29, 0.717) is 11.5 Å². The fourth-order valence-electron chi connectivity index (χ4n) is 2.71. The predicted octanol–water partition coefficient (Wildman–Crippen LogP) is 3.70. The van der Waals surface area contributed by atoms with Crippen molar-refractivity contribution in [3.8, 4) is 0 Å². The Hall–Kier alpha value is -0.870. The topological polar surface area (TPSA) is 46.5 Å². The van der Waals surface area contributed by atoms with Crippen molar-refractivity contribution in [2.75, 3.05) is 7.11 Å². The van der Waals surface area contributed by atoms with E-state index in [1.165, 1.54) is 44.8 Å². The minimum atomic E-state index is -1.21. The number of rotatable bonds is 3. The van der Waals surface area contributed by atoms with Crippen molar-refractivity contribution in [1.29, 1.82) is 0 Å². The highest BCUT2D eigenvalue weighted by atomic mass is 79.9. The Morgan fingerprint density at radius 2 is 2.05 bits per heavy atom. The fraction of sp³-hybridized carbons (Fsp3) is 0.533. The van der Waals surface area contributed by atoms with Gasteiger partial charge in [0.2, 0.25) is 0 Å². The minimum Gasteiger partial charge on any atom is -0.467 e. The Labute approximate surface area is 122 Å². The maximum Gasteiger partial charge on any atom is 0.339 e. The van der Waals surface area contributed by atoms with E-state index >= 15 is 0 Å². The van der Waals surface area contributed by atoms with E-state index < -0.39 is 12.1 Å². The summed E-state index contributed by atoms with van der Waals surface area (Å²) in [5.74, 6) is -0.0373. The SMILES string of the molecule is COC(=O)C(O)c1ccc(C2CCCCC2)c(Br)c1. The van der Waals surface area contributed by atoms with E-state index in [2.05, 4.69) is 20.7 Å². The lowest BCUT2D eigenvalue weighted by molar-refractivity contribution is -0.150. The molecule has 0 bridgehead atoms. The second kappa shape index (κ2) is 6.53. The number of methoxy groups -OCH3 is 1. The molecule has 0 heterocycles. The molecule has 19 heavy (non-hydrogen) atoms. The number of esters is 1. The van der Waals surface area contributed by atoms with Gasteiger partial charge in [-0.05, 0) is 36.0 Å². The number of hydrogen-bond donors (Lipinski definition) is 1. The van der Waals surface area contributed by atoms with Crippen LogP contribution >= 0.6 is 15.9 Å². The van der Waals surface area contributed by atoms with Crippen LogP contribution in [0.15, 0.2) is 22.7 Å². The first-order chi connectivity index (χ1) is 9.13. The monoisotopic (exact) mass is 326 g/mol. The van der Waals surface area contributed by atoms with Crippen molar-refractivity contribution in [2.45, 2.75) is 44.1 Å². The molecule has 0 spiro atoms. The first-order valence-electron chi connectivity index (χ1n) is 6.68. The largest absolute Gasteiger partial charge is 0.467 e. The Bertz CT molecular complexity index is 453. The molecule has 4 heteroatoms. The summed E-state index contributed by atoms with van der Waals surface area (Å²) in [5.41, 5.74) is 1.85. The molecule has 0 amide bonds. The van der Waals surface area contributed by atoms with Gasteiger partial charge < -0.3 is 9.84 Å². The van der Waals surface area contributed by atoms with Gasteiger partial charge in [0.05, 0.1) is 7.11 Å². The Balaban J connectivity index is 2.19. The number of aliphatic hydroxyl groups is 1. The van der Waals surface area contributed by atoms with Crippen molar-refractivity contribution < 1.29 is 14.6 Å². The number of hydrogen-bond acceptors (Lipinski definition) is 3. The zero-order valence-electron chi connectivity index (χ0n) is 11.1. The number of benzene rings is 1. The number of ether oxygens (including phenoxy) is 1. The molecule has 0 radical (unpaired) electrons. The molecule has 104 valence electrons. The summed E-state index contributed by atoms with van der Waals surface area (Å²) in [5, 5.41) is 9.82. The minimum absolute atomic E-state index is 0.568. The zero-order valence-corrected chi connectivity index (χ0v) is 12.6. The summed E-state index contributed by atoms with van der Waals surface area (Å²) in [4.78, 5) is 11.3. The highest BCUT2D eigenvalue weighted by Crippen LogP contribution is 2.37. The molecule has 1 saturated carbocycles. The second-order valence-electron chi connectivity index (χ2n) is 5.04. The highest BCUT2D eigenvalue weighted by molar-refractivity contribution is 9.10. The van der Waals surface area contributed by atoms with Crippen molar-refractivity contribution in [2.24, 2.45) is 0 Å². The molecule has 1 aliphatic carbocycles. The van der Waals surface area contributed by atoms with Crippen LogP contribution in [0.2, 0.25) is 0 Å². The highest BCUT2D eigenvalue weighted by Gasteiger charge is 2.21. The molecule has 0 aliphatic heterocycles. The summed E-state index contributed by atoms with van der Waals surface area (Å²) in [6.07, 6.45) is 5.12. The van der Waals surface area contributed by atoms with E-state index in [9.17, 15) is 9.90 Å². The lowest BCUT2D eigenvalue weighted by Crippen LogP contribution is -2.14. The van der Waals surface area contributed by atoms with Gasteiger partial charge in [0.15, 0.2) is 6.10 Å². The summed E-state index contributed by atoms with van der Waals surface area (Å²) < 4.78 is 5.52. The van der Waals surface area contributed by atoms with Crippen LogP contribution in [0.1, 0.15) is 55.3 Å². The molecule has 0 saturated heterocycles. The van der Waals surface area contributed by atoms with Gasteiger partial charge in [-0.15, -0.1) is 0 Å². The Morgan fingerprint density at radius 1 is 1.37 bits per heavy atom. The molecule has 1 N–H and O–H groups in total. The average Bonchev–Trinajstić information content (AvgIpc) is 2.46. The number of aliphatic hydroxyl groups excluding tert-OH is 1. The Kier molecular flexibility index (Phi) is 4.99. The molecule has 0 aromatic heterocycles. The van der Waals surface area contributed by atoms with Crippen molar-refractivity contribution >= 4 is 21.9 Å². The quantitative estimate of drug-likeness (QED) is 0.861. The maximum absolute atomic E-state index is 11.3. The van der Waals surface area contributed by atoms with E-state index in [4.69, 9.17) is 0 Å². The Morgan fingerprint density at radius 3 is 2.63 bits per heavy atom. The van der Waals surface area contributed by atoms with E-state index in [0.717, 1.165) is 4.47 Å². The van der Waals surface area contributed by atoms with Crippen LogP contribution in [0.5, 0.6) is 0 Å². The van der Waals surface area contributed by atoms with E-state index in [-0.39, 0.29) is 0 Å². The van der Waals surface area contributed by atoms with Gasteiger partial charge in [0.25, 0.3) is 0 Å². The van der Waals surface area contributed by atoms with Gasteiger partial charge in [-0.2, -0.15) is 0 Å². The second-order valence-corrected chi connectivity index (χ2v) is 5.90. The molecule has 3 nitrogen and oxygen atoms in total. The van der Waals surface area contributed by atoms with Gasteiger partial charge in [-0.3, -0.25) is 0 Å². The number of carbonyl (C=O) groups is 1. The number of halogens is 1. The normalized spacial score (nSPS) is 18.1. The zero-order chi connectivity index (χ0) is 13.8. The lowest BCUT2D eigenvalue weighted by atomic mass is 9.84. The van der Waals surface area contributed by atoms with Crippen molar-refractivity contribution in [1.82, 2.24) is 0 Å². The molecule has 1 aromatic carbocycles. The van der Waals surface area contributed by atoms with Crippen molar-refractivity contribution in [3.05, 3.63) is 33.8 Å². The van der Waals surface area contributed by atoms with Gasteiger partial charge in [0.1, 0.15) is 0 Å². The van der Waals surface area contributed by atoms with Crippen LogP contribution in [0.25, 0.3) is 0 Å². The standard InChI is InChI=1S/C15H19BrO3/c1-19-15(18)14(17)11-7-8-12(13(16)9-11)10-5-3-2-4-6-10/h7-10,14,17H,2-6H2,1H3. The molecule has 1 aliphatic rings. The third kappa shape index (κ3) is 3.37. The lowest BCUT2D eigenvalue weighted by Gasteiger charge is -2.23. The van der Waals surface area contributed by atoms with Crippen LogP contribution in [-0.4, -0.2) is 18.2 Å². The molecule has 1 atom stereocenters. The van der Waals surface area contributed by atoms with Gasteiger partial charge >= 0.3 is 5.97 Å². The summed E-state index contributed by atoms with van der Waals surface area (Å²) in [7, 11) is 1.27. The van der Waals surface area contributed by atoms with E-state index in [1.807, 2.05) is 18.2 Å². The summed E-state index contributed by atoms with van der Waals surface area (Å²) in [6.45, 7) is 0. The molecule has 1 fully saturated rings. The first-order valence-corrected chi connectivity index (χ1v) is 7.48. The summed E-state index contributed by atoms with van der Waals surface area (Å²) >= 11 is 3.56.